The van der Waals surface area contributed by atoms with E-state index in [4.69, 9.17) is 17.3 Å². The van der Waals surface area contributed by atoms with Crippen LogP contribution in [0.2, 0.25) is 5.02 Å². The second kappa shape index (κ2) is 5.89. The number of carbonyl (C=O) groups excluding carboxylic acids is 1. The van der Waals surface area contributed by atoms with Crippen molar-refractivity contribution in [1.29, 1.82) is 0 Å². The van der Waals surface area contributed by atoms with Crippen LogP contribution < -0.4 is 5.73 Å². The van der Waals surface area contributed by atoms with Gasteiger partial charge in [-0.15, -0.1) is 0 Å². The molecule has 2 N–H and O–H groups in total. The van der Waals surface area contributed by atoms with Gasteiger partial charge in [0, 0.05) is 35.2 Å². The van der Waals surface area contributed by atoms with Gasteiger partial charge in [0.1, 0.15) is 5.82 Å². The number of nitrogen functional groups attached to an aromatic ring is 1. The number of rotatable bonds is 5. The predicted octanol–water partition coefficient (Wildman–Crippen LogP) is 2.95. The Labute approximate surface area is 117 Å². The number of nitrogens with zero attached hydrogens (tertiary/aromatic N) is 2. The van der Waals surface area contributed by atoms with Crippen molar-refractivity contribution in [1.82, 2.24) is 9.55 Å². The van der Waals surface area contributed by atoms with Crippen LogP contribution in [0.5, 0.6) is 0 Å². The molecule has 0 aliphatic heterocycles. The fourth-order valence-corrected chi connectivity index (χ4v) is 2.16. The first-order chi connectivity index (χ1) is 9.11. The van der Waals surface area contributed by atoms with E-state index in [-0.39, 0.29) is 12.2 Å². The molecule has 1 heterocycles. The minimum Gasteiger partial charge on any atom is -0.398 e. The molecule has 100 valence electrons. The summed E-state index contributed by atoms with van der Waals surface area (Å²) in [6.45, 7) is 2.95. The van der Waals surface area contributed by atoms with E-state index in [0.29, 0.717) is 16.3 Å². The molecule has 0 aliphatic carbocycles. The van der Waals surface area contributed by atoms with E-state index in [9.17, 15) is 4.79 Å². The topological polar surface area (TPSA) is 60.9 Å². The summed E-state index contributed by atoms with van der Waals surface area (Å²) < 4.78 is 1.99. The summed E-state index contributed by atoms with van der Waals surface area (Å²) in [5.41, 5.74) is 6.72. The van der Waals surface area contributed by atoms with E-state index in [2.05, 4.69) is 11.9 Å². The SMILES string of the molecule is CCCn1ccnc1CC(=O)c1ccc(Cl)cc1N. The molecule has 1 aromatic heterocycles. The van der Waals surface area contributed by atoms with E-state index in [0.717, 1.165) is 18.8 Å². The number of Topliss-reactive ketones (excluding diaryl/α,β-unsaturated/α-hetero) is 1. The Morgan fingerprint density at radius 1 is 1.47 bits per heavy atom. The van der Waals surface area contributed by atoms with Crippen molar-refractivity contribution in [3.8, 4) is 0 Å². The summed E-state index contributed by atoms with van der Waals surface area (Å²) in [5, 5.41) is 0.529. The number of aryl methyl sites for hydroxylation is 1. The molecule has 0 radical (unpaired) electrons. The fourth-order valence-electron chi connectivity index (χ4n) is 1.98. The molecule has 2 rings (SSSR count). The van der Waals surface area contributed by atoms with Gasteiger partial charge in [0.25, 0.3) is 0 Å². The lowest BCUT2D eigenvalue weighted by Crippen LogP contribution is -2.11. The van der Waals surface area contributed by atoms with Gasteiger partial charge in [0.2, 0.25) is 0 Å². The van der Waals surface area contributed by atoms with Crippen molar-refractivity contribution in [3.63, 3.8) is 0 Å². The fraction of sp³-hybridized carbons (Fsp3) is 0.286. The summed E-state index contributed by atoms with van der Waals surface area (Å²) in [4.78, 5) is 16.4. The van der Waals surface area contributed by atoms with E-state index in [1.165, 1.54) is 0 Å². The molecule has 0 bridgehead atoms. The number of halogens is 1. The highest BCUT2D eigenvalue weighted by Crippen LogP contribution is 2.19. The predicted molar refractivity (Wildman–Crippen MR) is 76.4 cm³/mol. The monoisotopic (exact) mass is 277 g/mol. The molecule has 2 aromatic rings. The number of nitrogens with two attached hydrogens (primary N) is 1. The molecule has 0 fully saturated rings. The van der Waals surface area contributed by atoms with E-state index in [1.807, 2.05) is 10.8 Å². The summed E-state index contributed by atoms with van der Waals surface area (Å²) in [7, 11) is 0. The first-order valence-corrected chi connectivity index (χ1v) is 6.58. The van der Waals surface area contributed by atoms with Crippen LogP contribution in [-0.2, 0) is 13.0 Å². The molecule has 0 saturated carbocycles. The molecule has 4 nitrogen and oxygen atoms in total. The maximum atomic E-state index is 12.2. The van der Waals surface area contributed by atoms with Crippen molar-refractivity contribution in [2.45, 2.75) is 26.3 Å². The minimum absolute atomic E-state index is 0.0438. The van der Waals surface area contributed by atoms with Gasteiger partial charge in [0.05, 0.1) is 6.42 Å². The number of carbonyl (C=O) groups is 1. The third-order valence-electron chi connectivity index (χ3n) is 2.90. The van der Waals surface area contributed by atoms with Gasteiger partial charge in [-0.05, 0) is 24.6 Å². The Kier molecular flexibility index (Phi) is 4.22. The zero-order valence-electron chi connectivity index (χ0n) is 10.8. The van der Waals surface area contributed by atoms with E-state index in [1.54, 1.807) is 24.4 Å². The smallest absolute Gasteiger partial charge is 0.172 e. The molecule has 19 heavy (non-hydrogen) atoms. The van der Waals surface area contributed by atoms with Gasteiger partial charge in [0.15, 0.2) is 5.78 Å². The van der Waals surface area contributed by atoms with Crippen LogP contribution in [0.25, 0.3) is 0 Å². The van der Waals surface area contributed by atoms with Crippen molar-refractivity contribution in [2.75, 3.05) is 5.73 Å². The van der Waals surface area contributed by atoms with Crippen molar-refractivity contribution in [2.24, 2.45) is 0 Å². The first kappa shape index (κ1) is 13.6. The normalized spacial score (nSPS) is 10.6. The molecular weight excluding hydrogens is 262 g/mol. The molecular formula is C14H16ClN3O. The number of aromatic nitrogens is 2. The number of hydrogen-bond acceptors (Lipinski definition) is 3. The molecule has 0 spiro atoms. The zero-order valence-corrected chi connectivity index (χ0v) is 11.5. The molecule has 0 aliphatic rings. The molecule has 1 aromatic carbocycles. The van der Waals surface area contributed by atoms with Crippen LogP contribution in [0.4, 0.5) is 5.69 Å². The lowest BCUT2D eigenvalue weighted by Gasteiger charge is -2.07. The average molecular weight is 278 g/mol. The third kappa shape index (κ3) is 3.15. The highest BCUT2D eigenvalue weighted by atomic mass is 35.5. The number of ketones is 1. The molecule has 0 atom stereocenters. The summed E-state index contributed by atoms with van der Waals surface area (Å²) in [6.07, 6.45) is 4.85. The second-order valence-corrected chi connectivity index (χ2v) is 4.80. The van der Waals surface area contributed by atoms with E-state index >= 15 is 0 Å². The van der Waals surface area contributed by atoms with Gasteiger partial charge in [-0.3, -0.25) is 4.79 Å². The van der Waals surface area contributed by atoms with Gasteiger partial charge < -0.3 is 10.3 Å². The Hall–Kier alpha value is -1.81. The third-order valence-corrected chi connectivity index (χ3v) is 3.13. The molecule has 0 unspecified atom stereocenters. The maximum absolute atomic E-state index is 12.2. The molecule has 0 amide bonds. The van der Waals surface area contributed by atoms with Crippen molar-refractivity contribution < 1.29 is 4.79 Å². The highest BCUT2D eigenvalue weighted by molar-refractivity contribution is 6.31. The largest absolute Gasteiger partial charge is 0.398 e. The quantitative estimate of drug-likeness (QED) is 0.675. The first-order valence-electron chi connectivity index (χ1n) is 6.20. The van der Waals surface area contributed by atoms with Crippen LogP contribution in [0.3, 0.4) is 0 Å². The lowest BCUT2D eigenvalue weighted by molar-refractivity contribution is 0.0990. The maximum Gasteiger partial charge on any atom is 0.172 e. The van der Waals surface area contributed by atoms with Gasteiger partial charge in [-0.25, -0.2) is 4.98 Å². The average Bonchev–Trinajstić information content (AvgIpc) is 2.77. The van der Waals surface area contributed by atoms with Crippen LogP contribution in [0.1, 0.15) is 29.5 Å². The molecule has 5 heteroatoms. The number of imidazole rings is 1. The lowest BCUT2D eigenvalue weighted by atomic mass is 10.1. The zero-order chi connectivity index (χ0) is 13.8. The summed E-state index contributed by atoms with van der Waals surface area (Å²) in [6, 6.07) is 4.92. The van der Waals surface area contributed by atoms with Crippen molar-refractivity contribution >= 4 is 23.1 Å². The van der Waals surface area contributed by atoms with E-state index < -0.39 is 0 Å². The van der Waals surface area contributed by atoms with Gasteiger partial charge in [-0.1, -0.05) is 18.5 Å². The Balaban J connectivity index is 2.18. The number of anilines is 1. The minimum atomic E-state index is -0.0438. The van der Waals surface area contributed by atoms with Gasteiger partial charge in [-0.2, -0.15) is 0 Å². The second-order valence-electron chi connectivity index (χ2n) is 4.37. The Bertz CT molecular complexity index is 592. The van der Waals surface area contributed by atoms with Crippen LogP contribution in [0, 0.1) is 0 Å². The van der Waals surface area contributed by atoms with Crippen LogP contribution in [0.15, 0.2) is 30.6 Å². The summed E-state index contributed by atoms with van der Waals surface area (Å²) >= 11 is 5.82. The molecule has 0 saturated heterocycles. The Morgan fingerprint density at radius 3 is 2.95 bits per heavy atom. The summed E-state index contributed by atoms with van der Waals surface area (Å²) in [5.74, 6) is 0.721. The highest BCUT2D eigenvalue weighted by Gasteiger charge is 2.13. The van der Waals surface area contributed by atoms with Gasteiger partial charge >= 0.3 is 0 Å². The Morgan fingerprint density at radius 2 is 2.26 bits per heavy atom. The standard InChI is InChI=1S/C14H16ClN3O/c1-2-6-18-7-5-17-14(18)9-13(19)11-4-3-10(15)8-12(11)16/h3-5,7-8H,2,6,9,16H2,1H3. The van der Waals surface area contributed by atoms with Crippen molar-refractivity contribution in [3.05, 3.63) is 47.0 Å². The van der Waals surface area contributed by atoms with Crippen LogP contribution >= 0.6 is 11.6 Å². The van der Waals surface area contributed by atoms with Crippen LogP contribution in [-0.4, -0.2) is 15.3 Å². The number of benzene rings is 1. The number of hydrogen-bond donors (Lipinski definition) is 1.